The fraction of sp³-hybridized carbons (Fsp3) is 0.400. The van der Waals surface area contributed by atoms with Crippen LogP contribution in [0.15, 0.2) is 18.2 Å². The SMILES string of the molecule is CCc1ccc(N)cc1N(C)C. The Hall–Kier alpha value is -1.18. The minimum absolute atomic E-state index is 0.830. The Labute approximate surface area is 74.0 Å². The summed E-state index contributed by atoms with van der Waals surface area (Å²) in [5.41, 5.74) is 9.08. The summed E-state index contributed by atoms with van der Waals surface area (Å²) in [5, 5.41) is 0. The highest BCUT2D eigenvalue weighted by atomic mass is 15.1. The number of nitrogens with two attached hydrogens (primary N) is 1. The molecule has 0 heterocycles. The number of nitrogens with zero attached hydrogens (tertiary/aromatic N) is 1. The highest BCUT2D eigenvalue weighted by molar-refractivity contribution is 5.60. The van der Waals surface area contributed by atoms with Gasteiger partial charge in [-0.3, -0.25) is 0 Å². The molecule has 0 aliphatic rings. The van der Waals surface area contributed by atoms with Crippen LogP contribution >= 0.6 is 0 Å². The Kier molecular flexibility index (Phi) is 2.58. The largest absolute Gasteiger partial charge is 0.399 e. The average molecular weight is 164 g/mol. The van der Waals surface area contributed by atoms with Crippen molar-refractivity contribution < 1.29 is 0 Å². The number of anilines is 2. The second-order valence-electron chi connectivity index (χ2n) is 3.14. The summed E-state index contributed by atoms with van der Waals surface area (Å²) in [6.07, 6.45) is 1.05. The van der Waals surface area contributed by atoms with Crippen LogP contribution in [0.2, 0.25) is 0 Å². The molecule has 0 aliphatic carbocycles. The number of aryl methyl sites for hydroxylation is 1. The lowest BCUT2D eigenvalue weighted by atomic mass is 10.1. The van der Waals surface area contributed by atoms with Gasteiger partial charge in [-0.15, -0.1) is 0 Å². The van der Waals surface area contributed by atoms with Gasteiger partial charge in [0.25, 0.3) is 0 Å². The van der Waals surface area contributed by atoms with Crippen molar-refractivity contribution >= 4 is 11.4 Å². The minimum atomic E-state index is 0.830. The van der Waals surface area contributed by atoms with E-state index in [-0.39, 0.29) is 0 Å². The third-order valence-corrected chi connectivity index (χ3v) is 1.97. The van der Waals surface area contributed by atoms with Crippen molar-refractivity contribution in [1.29, 1.82) is 0 Å². The fourth-order valence-electron chi connectivity index (χ4n) is 1.30. The Bertz CT molecular complexity index is 267. The predicted octanol–water partition coefficient (Wildman–Crippen LogP) is 1.90. The van der Waals surface area contributed by atoms with E-state index in [4.69, 9.17) is 5.73 Å². The zero-order valence-electron chi connectivity index (χ0n) is 7.96. The van der Waals surface area contributed by atoms with E-state index in [9.17, 15) is 0 Å². The second-order valence-corrected chi connectivity index (χ2v) is 3.14. The van der Waals surface area contributed by atoms with Gasteiger partial charge in [0.1, 0.15) is 0 Å². The maximum absolute atomic E-state index is 5.69. The summed E-state index contributed by atoms with van der Waals surface area (Å²) in [6.45, 7) is 2.15. The summed E-state index contributed by atoms with van der Waals surface area (Å²) in [5.74, 6) is 0. The van der Waals surface area contributed by atoms with Gasteiger partial charge in [0.2, 0.25) is 0 Å². The molecule has 1 rings (SSSR count). The van der Waals surface area contributed by atoms with Crippen LogP contribution in [0.4, 0.5) is 11.4 Å². The van der Waals surface area contributed by atoms with E-state index >= 15 is 0 Å². The third-order valence-electron chi connectivity index (χ3n) is 1.97. The third kappa shape index (κ3) is 1.70. The molecular weight excluding hydrogens is 148 g/mol. The first-order chi connectivity index (χ1) is 5.65. The lowest BCUT2D eigenvalue weighted by molar-refractivity contribution is 1.06. The lowest BCUT2D eigenvalue weighted by Gasteiger charge is -2.17. The Morgan fingerprint density at radius 3 is 2.50 bits per heavy atom. The van der Waals surface area contributed by atoms with E-state index < -0.39 is 0 Å². The van der Waals surface area contributed by atoms with Crippen LogP contribution in [0.25, 0.3) is 0 Å². The number of rotatable bonds is 2. The number of hydrogen-bond donors (Lipinski definition) is 1. The maximum atomic E-state index is 5.69. The molecule has 0 fully saturated rings. The molecule has 2 nitrogen and oxygen atoms in total. The van der Waals surface area contributed by atoms with Gasteiger partial charge in [-0.2, -0.15) is 0 Å². The van der Waals surface area contributed by atoms with Crippen molar-refractivity contribution in [2.75, 3.05) is 24.7 Å². The molecule has 0 aromatic heterocycles. The standard InChI is InChI=1S/C10H16N2/c1-4-8-5-6-9(11)7-10(8)12(2)3/h5-7H,4,11H2,1-3H3. The normalized spacial score (nSPS) is 9.92. The van der Waals surface area contributed by atoms with Gasteiger partial charge < -0.3 is 10.6 Å². The molecule has 1 aromatic rings. The molecule has 0 spiro atoms. The Morgan fingerprint density at radius 2 is 2.00 bits per heavy atom. The van der Waals surface area contributed by atoms with Crippen LogP contribution in [-0.4, -0.2) is 14.1 Å². The quantitative estimate of drug-likeness (QED) is 0.676. The topological polar surface area (TPSA) is 29.3 Å². The molecule has 0 bridgehead atoms. The Balaban J connectivity index is 3.12. The van der Waals surface area contributed by atoms with Gasteiger partial charge in [0, 0.05) is 25.5 Å². The molecule has 12 heavy (non-hydrogen) atoms. The van der Waals surface area contributed by atoms with Crippen molar-refractivity contribution in [1.82, 2.24) is 0 Å². The molecule has 1 aromatic carbocycles. The van der Waals surface area contributed by atoms with Crippen molar-refractivity contribution in [3.63, 3.8) is 0 Å². The zero-order chi connectivity index (χ0) is 9.14. The van der Waals surface area contributed by atoms with Crippen LogP contribution in [0.3, 0.4) is 0 Å². The van der Waals surface area contributed by atoms with Crippen molar-refractivity contribution in [2.45, 2.75) is 13.3 Å². The highest BCUT2D eigenvalue weighted by Gasteiger charge is 2.01. The summed E-state index contributed by atoms with van der Waals surface area (Å²) in [7, 11) is 4.07. The molecule has 0 unspecified atom stereocenters. The van der Waals surface area contributed by atoms with Gasteiger partial charge in [-0.05, 0) is 24.1 Å². The van der Waals surface area contributed by atoms with Crippen LogP contribution in [0.5, 0.6) is 0 Å². The smallest absolute Gasteiger partial charge is 0.0414 e. The van der Waals surface area contributed by atoms with Crippen LogP contribution in [0, 0.1) is 0 Å². The monoisotopic (exact) mass is 164 g/mol. The van der Waals surface area contributed by atoms with Crippen molar-refractivity contribution in [3.05, 3.63) is 23.8 Å². The molecule has 0 saturated heterocycles. The van der Waals surface area contributed by atoms with E-state index in [1.807, 2.05) is 26.2 Å². The number of benzene rings is 1. The number of hydrogen-bond acceptors (Lipinski definition) is 2. The van der Waals surface area contributed by atoms with E-state index in [1.165, 1.54) is 11.3 Å². The lowest BCUT2D eigenvalue weighted by Crippen LogP contribution is -2.11. The minimum Gasteiger partial charge on any atom is -0.399 e. The summed E-state index contributed by atoms with van der Waals surface area (Å²) in [6, 6.07) is 6.05. The molecule has 0 amide bonds. The summed E-state index contributed by atoms with van der Waals surface area (Å²) in [4.78, 5) is 2.09. The van der Waals surface area contributed by atoms with E-state index in [0.717, 1.165) is 12.1 Å². The molecule has 0 aliphatic heterocycles. The second kappa shape index (κ2) is 3.48. The predicted molar refractivity (Wildman–Crippen MR) is 54.6 cm³/mol. The first-order valence-electron chi connectivity index (χ1n) is 4.21. The molecule has 2 N–H and O–H groups in total. The van der Waals surface area contributed by atoms with Gasteiger partial charge in [-0.1, -0.05) is 13.0 Å². The fourth-order valence-corrected chi connectivity index (χ4v) is 1.30. The average Bonchev–Trinajstić information content (AvgIpc) is 2.04. The zero-order valence-corrected chi connectivity index (χ0v) is 7.96. The van der Waals surface area contributed by atoms with Crippen molar-refractivity contribution in [2.24, 2.45) is 0 Å². The maximum Gasteiger partial charge on any atom is 0.0414 e. The highest BCUT2D eigenvalue weighted by Crippen LogP contribution is 2.21. The van der Waals surface area contributed by atoms with Crippen LogP contribution in [0.1, 0.15) is 12.5 Å². The van der Waals surface area contributed by atoms with E-state index in [2.05, 4.69) is 17.9 Å². The van der Waals surface area contributed by atoms with E-state index in [0.29, 0.717) is 0 Å². The van der Waals surface area contributed by atoms with Gasteiger partial charge in [-0.25, -0.2) is 0 Å². The summed E-state index contributed by atoms with van der Waals surface area (Å²) < 4.78 is 0. The molecule has 2 heteroatoms. The van der Waals surface area contributed by atoms with Crippen LogP contribution in [-0.2, 0) is 6.42 Å². The van der Waals surface area contributed by atoms with Gasteiger partial charge in [0.05, 0.1) is 0 Å². The van der Waals surface area contributed by atoms with Crippen molar-refractivity contribution in [3.8, 4) is 0 Å². The van der Waals surface area contributed by atoms with Gasteiger partial charge in [0.15, 0.2) is 0 Å². The first-order valence-corrected chi connectivity index (χ1v) is 4.21. The Morgan fingerprint density at radius 1 is 1.33 bits per heavy atom. The van der Waals surface area contributed by atoms with Gasteiger partial charge >= 0.3 is 0 Å². The molecule has 0 atom stereocenters. The van der Waals surface area contributed by atoms with E-state index in [1.54, 1.807) is 0 Å². The number of nitrogen functional groups attached to an aromatic ring is 1. The molecular formula is C10H16N2. The first kappa shape index (κ1) is 8.91. The molecule has 0 saturated carbocycles. The summed E-state index contributed by atoms with van der Waals surface area (Å²) >= 11 is 0. The molecule has 0 radical (unpaired) electrons. The van der Waals surface area contributed by atoms with Crippen LogP contribution < -0.4 is 10.6 Å². The molecule has 66 valence electrons.